The Morgan fingerprint density at radius 3 is 2.97 bits per heavy atom. The van der Waals surface area contributed by atoms with Gasteiger partial charge in [0.15, 0.2) is 12.4 Å². The third-order valence-electron chi connectivity index (χ3n) is 6.30. The number of quaternary nitrogens is 1. The van der Waals surface area contributed by atoms with Crippen LogP contribution in [0.25, 0.3) is 0 Å². The van der Waals surface area contributed by atoms with Gasteiger partial charge in [-0.25, -0.2) is 0 Å². The molecule has 2 aliphatic heterocycles. The number of hydrogen-bond acceptors (Lipinski definition) is 4. The fraction of sp³-hybridized carbons (Fsp3) is 0.500. The number of likely N-dealkylation sites (tertiary alicyclic amines) is 1. The van der Waals surface area contributed by atoms with Crippen molar-refractivity contribution in [2.24, 2.45) is 0 Å². The lowest BCUT2D eigenvalue weighted by molar-refractivity contribution is -0.928. The number of aryl methyl sites for hydroxylation is 1. The number of hydrogen-bond donors (Lipinski definition) is 2. The summed E-state index contributed by atoms with van der Waals surface area (Å²) in [6.45, 7) is 7.53. The molecule has 3 heterocycles. The maximum absolute atomic E-state index is 12.5. The normalized spacial score (nSPS) is 20.8. The summed E-state index contributed by atoms with van der Waals surface area (Å²) >= 11 is 0. The van der Waals surface area contributed by atoms with E-state index in [-0.39, 0.29) is 30.7 Å². The molecule has 1 unspecified atom stereocenters. The van der Waals surface area contributed by atoms with Crippen LogP contribution in [0.1, 0.15) is 54.5 Å². The lowest BCUT2D eigenvalue weighted by Crippen LogP contribution is -3.16. The lowest BCUT2D eigenvalue weighted by atomic mass is 10.0. The van der Waals surface area contributed by atoms with Crippen molar-refractivity contribution in [3.05, 3.63) is 47.4 Å². The SMILES string of the molecule is Cc1ccc2c(c1)OCC(=O)N2Cc1ccc(C(=O)NCCC[NH+]2CCCC[C@H]2C)o1. The molecule has 2 aromatic rings. The predicted molar refractivity (Wildman–Crippen MR) is 118 cm³/mol. The molecule has 1 aromatic carbocycles. The Hall–Kier alpha value is -2.80. The molecule has 7 nitrogen and oxygen atoms in total. The Labute approximate surface area is 183 Å². The lowest BCUT2D eigenvalue weighted by Gasteiger charge is -2.30. The van der Waals surface area contributed by atoms with Gasteiger partial charge in [0.1, 0.15) is 11.5 Å². The van der Waals surface area contributed by atoms with E-state index in [1.807, 2.05) is 25.1 Å². The van der Waals surface area contributed by atoms with Crippen molar-refractivity contribution in [2.75, 3.05) is 31.1 Å². The predicted octanol–water partition coefficient (Wildman–Crippen LogP) is 2.09. The quantitative estimate of drug-likeness (QED) is 0.665. The van der Waals surface area contributed by atoms with Gasteiger partial charge in [0, 0.05) is 13.0 Å². The molecule has 1 saturated heterocycles. The summed E-state index contributed by atoms with van der Waals surface area (Å²) in [5.74, 6) is 1.19. The summed E-state index contributed by atoms with van der Waals surface area (Å²) in [5.41, 5.74) is 1.79. The Bertz CT molecular complexity index is 939. The van der Waals surface area contributed by atoms with Crippen LogP contribution in [0.5, 0.6) is 5.75 Å². The Morgan fingerprint density at radius 1 is 1.26 bits per heavy atom. The minimum atomic E-state index is -0.211. The van der Waals surface area contributed by atoms with E-state index in [2.05, 4.69) is 12.2 Å². The summed E-state index contributed by atoms with van der Waals surface area (Å²) < 4.78 is 11.3. The van der Waals surface area contributed by atoms with E-state index in [1.165, 1.54) is 25.8 Å². The van der Waals surface area contributed by atoms with Crippen LogP contribution in [0.3, 0.4) is 0 Å². The van der Waals surface area contributed by atoms with Gasteiger partial charge in [-0.1, -0.05) is 6.07 Å². The number of piperidine rings is 1. The first-order valence-electron chi connectivity index (χ1n) is 11.3. The maximum Gasteiger partial charge on any atom is 0.286 e. The van der Waals surface area contributed by atoms with E-state index in [0.29, 0.717) is 24.1 Å². The molecular weight excluding hydrogens is 394 g/mol. The van der Waals surface area contributed by atoms with Crippen LogP contribution in [0.2, 0.25) is 0 Å². The topological polar surface area (TPSA) is 76.2 Å². The third-order valence-corrected chi connectivity index (χ3v) is 6.30. The van der Waals surface area contributed by atoms with Gasteiger partial charge in [0.05, 0.1) is 31.4 Å². The van der Waals surface area contributed by atoms with Gasteiger partial charge in [-0.15, -0.1) is 0 Å². The van der Waals surface area contributed by atoms with E-state index in [0.717, 1.165) is 24.2 Å². The number of furan rings is 1. The molecule has 1 fully saturated rings. The first-order valence-corrected chi connectivity index (χ1v) is 11.3. The van der Waals surface area contributed by atoms with Crippen molar-refractivity contribution < 1.29 is 23.6 Å². The first-order chi connectivity index (χ1) is 15.0. The smallest absolute Gasteiger partial charge is 0.286 e. The van der Waals surface area contributed by atoms with E-state index >= 15 is 0 Å². The van der Waals surface area contributed by atoms with Crippen LogP contribution in [0, 0.1) is 6.92 Å². The van der Waals surface area contributed by atoms with Gasteiger partial charge < -0.3 is 19.4 Å². The number of fused-ring (bicyclic) bond motifs is 1. The highest BCUT2D eigenvalue weighted by Crippen LogP contribution is 2.34. The average molecular weight is 427 g/mol. The van der Waals surface area contributed by atoms with Crippen LogP contribution in [-0.2, 0) is 11.3 Å². The van der Waals surface area contributed by atoms with Crippen LogP contribution in [0.4, 0.5) is 5.69 Å². The molecule has 7 heteroatoms. The van der Waals surface area contributed by atoms with Crippen molar-refractivity contribution in [1.82, 2.24) is 5.32 Å². The summed E-state index contributed by atoms with van der Waals surface area (Å²) in [6, 6.07) is 9.88. The highest BCUT2D eigenvalue weighted by atomic mass is 16.5. The Balaban J connectivity index is 1.30. The van der Waals surface area contributed by atoms with Crippen LogP contribution >= 0.6 is 0 Å². The zero-order chi connectivity index (χ0) is 21.8. The second-order valence-corrected chi connectivity index (χ2v) is 8.67. The van der Waals surface area contributed by atoms with E-state index in [9.17, 15) is 9.59 Å². The van der Waals surface area contributed by atoms with E-state index in [1.54, 1.807) is 21.9 Å². The highest BCUT2D eigenvalue weighted by molar-refractivity contribution is 5.97. The van der Waals surface area contributed by atoms with Gasteiger partial charge >= 0.3 is 0 Å². The molecular formula is C24H32N3O4+. The number of benzene rings is 1. The molecule has 0 spiro atoms. The molecule has 0 aliphatic carbocycles. The molecule has 0 bridgehead atoms. The van der Waals surface area contributed by atoms with Gasteiger partial charge in [0.25, 0.3) is 11.8 Å². The van der Waals surface area contributed by atoms with Gasteiger partial charge in [-0.2, -0.15) is 0 Å². The minimum Gasteiger partial charge on any atom is -0.482 e. The number of ether oxygens (including phenoxy) is 1. The molecule has 2 aliphatic rings. The largest absolute Gasteiger partial charge is 0.482 e. The second-order valence-electron chi connectivity index (χ2n) is 8.67. The minimum absolute atomic E-state index is 0.00211. The molecule has 1 aromatic heterocycles. The molecule has 0 saturated carbocycles. The van der Waals surface area contributed by atoms with Crippen LogP contribution in [-0.4, -0.2) is 44.1 Å². The third kappa shape index (κ3) is 5.10. The number of amides is 2. The number of carbonyl (C=O) groups excluding carboxylic acids is 2. The number of anilines is 1. The number of carbonyl (C=O) groups is 2. The molecule has 166 valence electrons. The highest BCUT2D eigenvalue weighted by Gasteiger charge is 2.27. The van der Waals surface area contributed by atoms with Crippen molar-refractivity contribution in [2.45, 2.75) is 52.1 Å². The van der Waals surface area contributed by atoms with E-state index in [4.69, 9.17) is 9.15 Å². The Morgan fingerprint density at radius 2 is 2.13 bits per heavy atom. The molecule has 2 N–H and O–H groups in total. The Kier molecular flexibility index (Phi) is 6.61. The summed E-state index contributed by atoms with van der Waals surface area (Å²) in [5, 5.41) is 2.95. The standard InChI is InChI=1S/C24H31N3O4/c1-17-7-9-20-22(14-17)30-16-23(28)27(20)15-19-8-10-21(31-19)24(29)25-11-5-13-26-12-4-3-6-18(26)2/h7-10,14,18H,3-6,11-13,15-16H2,1-2H3,(H,25,29)/p+1/t18-/m1/s1. The number of nitrogens with zero attached hydrogens (tertiary/aromatic N) is 1. The van der Waals surface area contributed by atoms with Crippen molar-refractivity contribution in [3.63, 3.8) is 0 Å². The van der Waals surface area contributed by atoms with Gasteiger partial charge in [-0.3, -0.25) is 14.5 Å². The molecule has 2 atom stereocenters. The molecule has 2 amide bonds. The first kappa shape index (κ1) is 21.4. The van der Waals surface area contributed by atoms with Crippen LogP contribution in [0.15, 0.2) is 34.7 Å². The van der Waals surface area contributed by atoms with Crippen molar-refractivity contribution in [1.29, 1.82) is 0 Å². The van der Waals surface area contributed by atoms with Crippen molar-refractivity contribution in [3.8, 4) is 5.75 Å². The molecule has 31 heavy (non-hydrogen) atoms. The zero-order valence-corrected chi connectivity index (χ0v) is 18.4. The maximum atomic E-state index is 12.5. The van der Waals surface area contributed by atoms with Gasteiger partial charge in [-0.05, 0) is 62.9 Å². The van der Waals surface area contributed by atoms with Crippen molar-refractivity contribution >= 4 is 17.5 Å². The number of nitrogens with one attached hydrogen (secondary N) is 2. The summed E-state index contributed by atoms with van der Waals surface area (Å²) in [4.78, 5) is 28.1. The zero-order valence-electron chi connectivity index (χ0n) is 18.4. The number of rotatable bonds is 7. The van der Waals surface area contributed by atoms with Gasteiger partial charge in [0.2, 0.25) is 0 Å². The molecule has 4 rings (SSSR count). The molecule has 0 radical (unpaired) electrons. The fourth-order valence-corrected chi connectivity index (χ4v) is 4.45. The fourth-order valence-electron chi connectivity index (χ4n) is 4.45. The monoisotopic (exact) mass is 426 g/mol. The summed E-state index contributed by atoms with van der Waals surface area (Å²) in [7, 11) is 0. The summed E-state index contributed by atoms with van der Waals surface area (Å²) in [6.07, 6.45) is 4.89. The van der Waals surface area contributed by atoms with Crippen LogP contribution < -0.4 is 19.9 Å². The van der Waals surface area contributed by atoms with E-state index < -0.39 is 0 Å². The average Bonchev–Trinajstić information content (AvgIpc) is 3.23. The second kappa shape index (κ2) is 9.56.